The fourth-order valence-corrected chi connectivity index (χ4v) is 3.07. The van der Waals surface area contributed by atoms with Gasteiger partial charge in [0.1, 0.15) is 0 Å². The average molecular weight is 246 g/mol. The van der Waals surface area contributed by atoms with Gasteiger partial charge in [0.2, 0.25) is 0 Å². The third-order valence-electron chi connectivity index (χ3n) is 4.41. The Balaban J connectivity index is 2.03. The fourth-order valence-electron chi connectivity index (χ4n) is 3.07. The molecular formula is C14H22N4. The zero-order valence-corrected chi connectivity index (χ0v) is 11.4. The molecule has 98 valence electrons. The topological polar surface area (TPSA) is 35.7 Å². The van der Waals surface area contributed by atoms with Gasteiger partial charge in [0.05, 0.1) is 23.2 Å². The van der Waals surface area contributed by atoms with Gasteiger partial charge in [-0.2, -0.15) is 0 Å². The molecule has 2 aliphatic heterocycles. The van der Waals surface area contributed by atoms with Crippen LogP contribution in [0, 0.1) is 0 Å². The number of nitrogens with zero attached hydrogens (tertiary/aromatic N) is 3. The molecule has 0 aliphatic carbocycles. The van der Waals surface area contributed by atoms with E-state index in [9.17, 15) is 0 Å². The summed E-state index contributed by atoms with van der Waals surface area (Å²) in [6.45, 7) is 4.28. The van der Waals surface area contributed by atoms with Crippen molar-refractivity contribution >= 4 is 17.1 Å². The molecule has 3 rings (SSSR count). The lowest BCUT2D eigenvalue weighted by Gasteiger charge is -2.26. The van der Waals surface area contributed by atoms with Crippen LogP contribution in [0.15, 0.2) is 18.2 Å². The molecule has 2 heterocycles. The maximum absolute atomic E-state index is 6.03. The van der Waals surface area contributed by atoms with Crippen LogP contribution in [0.4, 0.5) is 17.1 Å². The Morgan fingerprint density at radius 3 is 2.56 bits per heavy atom. The van der Waals surface area contributed by atoms with E-state index in [1.54, 1.807) is 0 Å². The summed E-state index contributed by atoms with van der Waals surface area (Å²) in [5, 5.41) is 0. The summed E-state index contributed by atoms with van der Waals surface area (Å²) < 4.78 is 0. The summed E-state index contributed by atoms with van der Waals surface area (Å²) in [6, 6.07) is 6.90. The predicted octanol–water partition coefficient (Wildman–Crippen LogP) is 1.46. The predicted molar refractivity (Wildman–Crippen MR) is 77.5 cm³/mol. The lowest BCUT2D eigenvalue weighted by atomic mass is 10.2. The average Bonchev–Trinajstić information content (AvgIpc) is 2.89. The number of anilines is 3. The molecule has 1 aromatic carbocycles. The first-order valence-electron chi connectivity index (χ1n) is 6.69. The van der Waals surface area contributed by atoms with Crippen molar-refractivity contribution in [1.29, 1.82) is 0 Å². The third-order valence-corrected chi connectivity index (χ3v) is 4.41. The molecule has 18 heavy (non-hydrogen) atoms. The molecular weight excluding hydrogens is 224 g/mol. The number of benzene rings is 1. The van der Waals surface area contributed by atoms with E-state index in [-0.39, 0.29) is 0 Å². The van der Waals surface area contributed by atoms with E-state index in [1.165, 1.54) is 17.1 Å². The van der Waals surface area contributed by atoms with Crippen LogP contribution in [0.2, 0.25) is 0 Å². The van der Waals surface area contributed by atoms with Crippen LogP contribution < -0.4 is 20.4 Å². The third kappa shape index (κ3) is 1.56. The minimum Gasteiger partial charge on any atom is -0.368 e. The van der Waals surface area contributed by atoms with E-state index in [2.05, 4.69) is 53.9 Å². The van der Waals surface area contributed by atoms with E-state index >= 15 is 0 Å². The first-order valence-corrected chi connectivity index (χ1v) is 6.69. The summed E-state index contributed by atoms with van der Waals surface area (Å²) in [5.74, 6) is 0. The molecule has 2 N–H and O–H groups in total. The van der Waals surface area contributed by atoms with Crippen LogP contribution in [-0.2, 0) is 0 Å². The quantitative estimate of drug-likeness (QED) is 0.813. The van der Waals surface area contributed by atoms with E-state index < -0.39 is 0 Å². The SMILES string of the molecule is CC1N(C)c2cccc(N3CCC(N)C3)c2N1C. The highest BCUT2D eigenvalue weighted by molar-refractivity contribution is 5.88. The van der Waals surface area contributed by atoms with E-state index in [1.807, 2.05) is 0 Å². The molecule has 0 bridgehead atoms. The van der Waals surface area contributed by atoms with Gasteiger partial charge in [-0.1, -0.05) is 6.07 Å². The maximum atomic E-state index is 6.03. The molecule has 1 saturated heterocycles. The molecule has 1 aromatic rings. The van der Waals surface area contributed by atoms with Gasteiger partial charge in [-0.05, 0) is 25.5 Å². The highest BCUT2D eigenvalue weighted by Gasteiger charge is 2.32. The molecule has 0 spiro atoms. The summed E-state index contributed by atoms with van der Waals surface area (Å²) >= 11 is 0. The molecule has 1 fully saturated rings. The zero-order chi connectivity index (χ0) is 12.9. The van der Waals surface area contributed by atoms with E-state index in [0.717, 1.165) is 19.5 Å². The monoisotopic (exact) mass is 246 g/mol. The lowest BCUT2D eigenvalue weighted by Crippen LogP contribution is -2.36. The highest BCUT2D eigenvalue weighted by Crippen LogP contribution is 2.44. The first kappa shape index (κ1) is 11.7. The highest BCUT2D eigenvalue weighted by atomic mass is 15.4. The van der Waals surface area contributed by atoms with Gasteiger partial charge in [-0.15, -0.1) is 0 Å². The van der Waals surface area contributed by atoms with Crippen LogP contribution in [0.3, 0.4) is 0 Å². The number of hydrogen-bond acceptors (Lipinski definition) is 4. The fraction of sp³-hybridized carbons (Fsp3) is 0.571. The summed E-state index contributed by atoms with van der Waals surface area (Å²) in [7, 11) is 4.33. The van der Waals surface area contributed by atoms with Crippen LogP contribution in [0.1, 0.15) is 13.3 Å². The second kappa shape index (κ2) is 4.05. The smallest absolute Gasteiger partial charge is 0.0983 e. The van der Waals surface area contributed by atoms with Crippen molar-refractivity contribution in [3.05, 3.63) is 18.2 Å². The number of hydrogen-bond donors (Lipinski definition) is 1. The Kier molecular flexibility index (Phi) is 2.63. The van der Waals surface area contributed by atoms with Gasteiger partial charge in [-0.25, -0.2) is 0 Å². The summed E-state index contributed by atoms with van der Waals surface area (Å²) in [6.07, 6.45) is 1.51. The Morgan fingerprint density at radius 2 is 1.89 bits per heavy atom. The van der Waals surface area contributed by atoms with Crippen LogP contribution >= 0.6 is 0 Å². The number of rotatable bonds is 1. The van der Waals surface area contributed by atoms with Crippen molar-refractivity contribution in [2.24, 2.45) is 5.73 Å². The standard InChI is InChI=1S/C14H22N4/c1-10-16(2)12-5-4-6-13(14(12)17(10)3)18-8-7-11(15)9-18/h4-6,10-11H,7-9,15H2,1-3H3. The molecule has 2 aliphatic rings. The van der Waals surface area contributed by atoms with Crippen molar-refractivity contribution in [1.82, 2.24) is 0 Å². The number of fused-ring (bicyclic) bond motifs is 1. The molecule has 2 atom stereocenters. The largest absolute Gasteiger partial charge is 0.368 e. The van der Waals surface area contributed by atoms with Gasteiger partial charge in [-0.3, -0.25) is 0 Å². The first-order chi connectivity index (χ1) is 8.59. The van der Waals surface area contributed by atoms with Gasteiger partial charge < -0.3 is 20.4 Å². The van der Waals surface area contributed by atoms with E-state index in [0.29, 0.717) is 12.2 Å². The van der Waals surface area contributed by atoms with Crippen LogP contribution in [0.5, 0.6) is 0 Å². The van der Waals surface area contributed by atoms with Crippen LogP contribution in [-0.4, -0.2) is 39.4 Å². The summed E-state index contributed by atoms with van der Waals surface area (Å²) in [4.78, 5) is 7.11. The minimum atomic E-state index is 0.322. The zero-order valence-electron chi connectivity index (χ0n) is 11.4. The second-order valence-electron chi connectivity index (χ2n) is 5.49. The van der Waals surface area contributed by atoms with Crippen molar-refractivity contribution in [2.75, 3.05) is 41.9 Å². The van der Waals surface area contributed by atoms with E-state index in [4.69, 9.17) is 5.73 Å². The normalized spacial score (nSPS) is 27.0. The van der Waals surface area contributed by atoms with Crippen LogP contribution in [0.25, 0.3) is 0 Å². The molecule has 0 radical (unpaired) electrons. The van der Waals surface area contributed by atoms with Crippen molar-refractivity contribution in [2.45, 2.75) is 25.6 Å². The lowest BCUT2D eigenvalue weighted by molar-refractivity contribution is 0.709. The maximum Gasteiger partial charge on any atom is 0.0983 e. The Labute approximate surface area is 109 Å². The van der Waals surface area contributed by atoms with Gasteiger partial charge in [0, 0.05) is 33.2 Å². The molecule has 4 nitrogen and oxygen atoms in total. The Bertz CT molecular complexity index is 459. The second-order valence-corrected chi connectivity index (χ2v) is 5.49. The Morgan fingerprint density at radius 1 is 1.17 bits per heavy atom. The molecule has 2 unspecified atom stereocenters. The van der Waals surface area contributed by atoms with Gasteiger partial charge in [0.25, 0.3) is 0 Å². The van der Waals surface area contributed by atoms with Gasteiger partial charge >= 0.3 is 0 Å². The Hall–Kier alpha value is -1.42. The van der Waals surface area contributed by atoms with Gasteiger partial charge in [0.15, 0.2) is 0 Å². The van der Waals surface area contributed by atoms with Crippen molar-refractivity contribution < 1.29 is 0 Å². The number of para-hydroxylation sites is 1. The van der Waals surface area contributed by atoms with Crippen molar-refractivity contribution in [3.8, 4) is 0 Å². The minimum absolute atomic E-state index is 0.322. The number of nitrogens with two attached hydrogens (primary N) is 1. The molecule has 0 amide bonds. The summed E-state index contributed by atoms with van der Waals surface area (Å²) in [5.41, 5.74) is 10.0. The molecule has 0 aromatic heterocycles. The van der Waals surface area contributed by atoms with Crippen molar-refractivity contribution in [3.63, 3.8) is 0 Å². The molecule has 4 heteroatoms. The molecule has 0 saturated carbocycles.